The molecule has 0 saturated carbocycles. The second-order valence-electron chi connectivity index (χ2n) is 6.00. The molecule has 1 aliphatic heterocycles. The van der Waals surface area contributed by atoms with Gasteiger partial charge in [-0.2, -0.15) is 0 Å². The zero-order valence-corrected chi connectivity index (χ0v) is 12.8. The molecule has 110 valence electrons. The first-order valence-electron chi connectivity index (χ1n) is 6.62. The Morgan fingerprint density at radius 1 is 1.30 bits per heavy atom. The van der Waals surface area contributed by atoms with Gasteiger partial charge in [-0.3, -0.25) is 9.10 Å². The fourth-order valence-electron chi connectivity index (χ4n) is 2.14. The van der Waals surface area contributed by atoms with Crippen LogP contribution in [0.4, 0.5) is 5.69 Å². The molecule has 5 nitrogen and oxygen atoms in total. The molecule has 1 N–H and O–H groups in total. The van der Waals surface area contributed by atoms with Crippen LogP contribution in [-0.4, -0.2) is 32.2 Å². The molecule has 0 aromatic heterocycles. The summed E-state index contributed by atoms with van der Waals surface area (Å²) in [5.41, 5.74) is 0.705. The lowest BCUT2D eigenvalue weighted by molar-refractivity contribution is 0.0919. The monoisotopic (exact) mass is 296 g/mol. The van der Waals surface area contributed by atoms with Crippen LogP contribution in [-0.2, 0) is 10.0 Å². The summed E-state index contributed by atoms with van der Waals surface area (Å²) in [4.78, 5) is 12.1. The molecule has 1 aromatic carbocycles. The SMILES string of the molecule is CC(C)(C)NC(=O)c1cccc(N2CCCS2(=O)=O)c1. The molecule has 0 radical (unpaired) electrons. The molecular formula is C14H20N2O3S. The van der Waals surface area contributed by atoms with Gasteiger partial charge in [0.1, 0.15) is 0 Å². The molecule has 0 unspecified atom stereocenters. The maximum absolute atomic E-state index is 12.1. The fourth-order valence-corrected chi connectivity index (χ4v) is 3.70. The van der Waals surface area contributed by atoms with Gasteiger partial charge in [-0.25, -0.2) is 8.42 Å². The Balaban J connectivity index is 2.27. The van der Waals surface area contributed by atoms with Crippen LogP contribution in [0.1, 0.15) is 37.6 Å². The molecule has 1 aromatic rings. The summed E-state index contributed by atoms with van der Waals surface area (Å²) < 4.78 is 25.2. The number of rotatable bonds is 2. The third-order valence-corrected chi connectivity index (χ3v) is 4.85. The van der Waals surface area contributed by atoms with E-state index in [1.807, 2.05) is 20.8 Å². The Labute approximate surface area is 120 Å². The summed E-state index contributed by atoms with van der Waals surface area (Å²) in [6.07, 6.45) is 0.626. The van der Waals surface area contributed by atoms with E-state index in [9.17, 15) is 13.2 Å². The molecule has 0 spiro atoms. The van der Waals surface area contributed by atoms with Gasteiger partial charge in [-0.15, -0.1) is 0 Å². The van der Waals surface area contributed by atoms with Gasteiger partial charge in [0.2, 0.25) is 10.0 Å². The summed E-state index contributed by atoms with van der Waals surface area (Å²) >= 11 is 0. The molecule has 1 fully saturated rings. The first kappa shape index (κ1) is 14.8. The molecule has 20 heavy (non-hydrogen) atoms. The van der Waals surface area contributed by atoms with E-state index in [1.165, 1.54) is 4.31 Å². The average molecular weight is 296 g/mol. The van der Waals surface area contributed by atoms with Gasteiger partial charge in [0, 0.05) is 17.6 Å². The lowest BCUT2D eigenvalue weighted by atomic mass is 10.1. The lowest BCUT2D eigenvalue weighted by Gasteiger charge is -2.21. The molecule has 0 bridgehead atoms. The third kappa shape index (κ3) is 3.30. The maximum Gasteiger partial charge on any atom is 0.251 e. The summed E-state index contributed by atoms with van der Waals surface area (Å²) in [6, 6.07) is 6.74. The van der Waals surface area contributed by atoms with Crippen LogP contribution < -0.4 is 9.62 Å². The van der Waals surface area contributed by atoms with Crippen LogP contribution in [0.5, 0.6) is 0 Å². The van der Waals surface area contributed by atoms with Crippen molar-refractivity contribution in [2.24, 2.45) is 0 Å². The maximum atomic E-state index is 12.1. The van der Waals surface area contributed by atoms with Crippen molar-refractivity contribution in [2.75, 3.05) is 16.6 Å². The first-order chi connectivity index (χ1) is 9.19. The number of benzene rings is 1. The Kier molecular flexibility index (Phi) is 3.77. The number of nitrogens with zero attached hydrogens (tertiary/aromatic N) is 1. The minimum absolute atomic E-state index is 0.172. The minimum Gasteiger partial charge on any atom is -0.347 e. The van der Waals surface area contributed by atoms with Crippen LogP contribution in [0.15, 0.2) is 24.3 Å². The molecule has 2 rings (SSSR count). The predicted octanol–water partition coefficient (Wildman–Crippen LogP) is 1.75. The molecule has 1 aliphatic rings. The van der Waals surface area contributed by atoms with Crippen molar-refractivity contribution in [1.82, 2.24) is 5.32 Å². The highest BCUT2D eigenvalue weighted by Crippen LogP contribution is 2.24. The van der Waals surface area contributed by atoms with Crippen molar-refractivity contribution in [3.63, 3.8) is 0 Å². The van der Waals surface area contributed by atoms with E-state index >= 15 is 0 Å². The van der Waals surface area contributed by atoms with Crippen LogP contribution in [0, 0.1) is 0 Å². The zero-order chi connectivity index (χ0) is 15.0. The highest BCUT2D eigenvalue weighted by Gasteiger charge is 2.28. The quantitative estimate of drug-likeness (QED) is 0.904. The standard InChI is InChI=1S/C14H20N2O3S/c1-14(2,3)15-13(17)11-6-4-7-12(10-11)16-8-5-9-20(16,18)19/h4,6-7,10H,5,8-9H2,1-3H3,(H,15,17). The van der Waals surface area contributed by atoms with Crippen LogP contribution in [0.3, 0.4) is 0 Å². The molecular weight excluding hydrogens is 276 g/mol. The van der Waals surface area contributed by atoms with Crippen LogP contribution >= 0.6 is 0 Å². The van der Waals surface area contributed by atoms with E-state index in [0.717, 1.165) is 0 Å². The first-order valence-corrected chi connectivity index (χ1v) is 8.23. The number of amides is 1. The number of carbonyl (C=O) groups is 1. The summed E-state index contributed by atoms with van der Waals surface area (Å²) in [5.74, 6) is -0.0262. The van der Waals surface area contributed by atoms with Gasteiger partial charge in [0.15, 0.2) is 0 Å². The highest BCUT2D eigenvalue weighted by atomic mass is 32.2. The molecule has 0 aliphatic carbocycles. The van der Waals surface area contributed by atoms with E-state index in [1.54, 1.807) is 24.3 Å². The molecule has 6 heteroatoms. The minimum atomic E-state index is -3.22. The van der Waals surface area contributed by atoms with Crippen LogP contribution in [0.25, 0.3) is 0 Å². The fraction of sp³-hybridized carbons (Fsp3) is 0.500. The Bertz CT molecular complexity index is 618. The van der Waals surface area contributed by atoms with Gasteiger partial charge >= 0.3 is 0 Å². The average Bonchev–Trinajstić information content (AvgIpc) is 2.67. The molecule has 1 amide bonds. The van der Waals surface area contributed by atoms with Crippen molar-refractivity contribution >= 4 is 21.6 Å². The number of anilines is 1. The van der Waals surface area contributed by atoms with Gasteiger partial charge in [0.25, 0.3) is 5.91 Å². The Morgan fingerprint density at radius 2 is 2.00 bits per heavy atom. The molecule has 1 heterocycles. The van der Waals surface area contributed by atoms with E-state index in [-0.39, 0.29) is 17.2 Å². The van der Waals surface area contributed by atoms with Crippen molar-refractivity contribution in [2.45, 2.75) is 32.7 Å². The Morgan fingerprint density at radius 3 is 2.55 bits per heavy atom. The number of hydrogen-bond acceptors (Lipinski definition) is 3. The second kappa shape index (κ2) is 5.09. The largest absolute Gasteiger partial charge is 0.347 e. The lowest BCUT2D eigenvalue weighted by Crippen LogP contribution is -2.40. The second-order valence-corrected chi connectivity index (χ2v) is 8.01. The van der Waals surface area contributed by atoms with Crippen molar-refractivity contribution < 1.29 is 13.2 Å². The number of sulfonamides is 1. The smallest absolute Gasteiger partial charge is 0.251 e. The normalized spacial score (nSPS) is 18.1. The summed E-state index contributed by atoms with van der Waals surface area (Å²) in [6.45, 7) is 6.19. The van der Waals surface area contributed by atoms with Gasteiger partial charge in [0.05, 0.1) is 11.4 Å². The van der Waals surface area contributed by atoms with Gasteiger partial charge in [-0.05, 0) is 45.4 Å². The van der Waals surface area contributed by atoms with Crippen LogP contribution in [0.2, 0.25) is 0 Å². The van der Waals surface area contributed by atoms with Gasteiger partial charge < -0.3 is 5.32 Å². The summed E-state index contributed by atoms with van der Waals surface area (Å²) in [7, 11) is -3.22. The number of nitrogens with one attached hydrogen (secondary N) is 1. The predicted molar refractivity (Wildman–Crippen MR) is 79.4 cm³/mol. The highest BCUT2D eigenvalue weighted by molar-refractivity contribution is 7.93. The summed E-state index contributed by atoms with van der Waals surface area (Å²) in [5, 5.41) is 2.87. The van der Waals surface area contributed by atoms with E-state index < -0.39 is 10.0 Å². The van der Waals surface area contributed by atoms with E-state index in [4.69, 9.17) is 0 Å². The van der Waals surface area contributed by atoms with E-state index in [0.29, 0.717) is 24.2 Å². The van der Waals surface area contributed by atoms with Crippen molar-refractivity contribution in [3.8, 4) is 0 Å². The Hall–Kier alpha value is -1.56. The van der Waals surface area contributed by atoms with Gasteiger partial charge in [-0.1, -0.05) is 6.07 Å². The van der Waals surface area contributed by atoms with E-state index in [2.05, 4.69) is 5.32 Å². The van der Waals surface area contributed by atoms with Crippen molar-refractivity contribution in [3.05, 3.63) is 29.8 Å². The zero-order valence-electron chi connectivity index (χ0n) is 12.0. The molecule has 0 atom stereocenters. The number of hydrogen-bond donors (Lipinski definition) is 1. The molecule has 1 saturated heterocycles. The third-order valence-electron chi connectivity index (χ3n) is 2.98. The van der Waals surface area contributed by atoms with Crippen molar-refractivity contribution in [1.29, 1.82) is 0 Å². The topological polar surface area (TPSA) is 66.5 Å². The number of carbonyl (C=O) groups excluding carboxylic acids is 1.